The number of benzene rings is 1. The number of allylic oxidation sites excluding steroid dienone is 8. The lowest BCUT2D eigenvalue weighted by molar-refractivity contribution is 0.638. The van der Waals surface area contributed by atoms with Crippen LogP contribution < -0.4 is 4.90 Å². The Morgan fingerprint density at radius 3 is 2.62 bits per heavy atom. The van der Waals surface area contributed by atoms with Gasteiger partial charge in [-0.1, -0.05) is 67.8 Å². The molecule has 0 atom stereocenters. The predicted octanol–water partition coefficient (Wildman–Crippen LogP) is 7.67. The van der Waals surface area contributed by atoms with Gasteiger partial charge in [0, 0.05) is 45.0 Å². The summed E-state index contributed by atoms with van der Waals surface area (Å²) in [6.07, 6.45) is 17.2. The lowest BCUT2D eigenvalue weighted by atomic mass is 9.79. The number of fused-ring (bicyclic) bond motifs is 1. The molecule has 0 unspecified atom stereocenters. The van der Waals surface area contributed by atoms with Gasteiger partial charge in [0.25, 0.3) is 0 Å². The zero-order valence-electron chi connectivity index (χ0n) is 17.6. The Morgan fingerprint density at radius 2 is 2.00 bits per heavy atom. The summed E-state index contributed by atoms with van der Waals surface area (Å²) in [6, 6.07) is 4.17. The van der Waals surface area contributed by atoms with Crippen molar-refractivity contribution in [1.29, 1.82) is 0 Å². The van der Waals surface area contributed by atoms with Gasteiger partial charge in [-0.2, -0.15) is 0 Å². The van der Waals surface area contributed by atoms with Crippen LogP contribution in [-0.2, 0) is 5.41 Å². The first-order valence-corrected chi connectivity index (χ1v) is 10.6. The normalized spacial score (nSPS) is 21.6. The number of terminal acetylenes is 1. The largest absolute Gasteiger partial charge is 0.347 e. The molecule has 1 aromatic carbocycles. The van der Waals surface area contributed by atoms with Crippen LogP contribution in [0.4, 0.5) is 5.69 Å². The molecule has 0 N–H and O–H groups in total. The van der Waals surface area contributed by atoms with Crippen molar-refractivity contribution in [3.8, 4) is 12.3 Å². The molecular formula is C26H27Cl2N. The van der Waals surface area contributed by atoms with E-state index >= 15 is 0 Å². The Labute approximate surface area is 185 Å². The van der Waals surface area contributed by atoms with Gasteiger partial charge in [-0.25, -0.2) is 0 Å². The van der Waals surface area contributed by atoms with Crippen LogP contribution in [0.15, 0.2) is 63.8 Å². The quantitative estimate of drug-likeness (QED) is 0.450. The topological polar surface area (TPSA) is 3.24 Å². The first kappa shape index (κ1) is 21.6. The first-order valence-electron chi connectivity index (χ1n) is 9.86. The van der Waals surface area contributed by atoms with E-state index in [4.69, 9.17) is 29.6 Å². The number of anilines is 1. The highest BCUT2D eigenvalue weighted by Crippen LogP contribution is 2.49. The van der Waals surface area contributed by atoms with Crippen LogP contribution in [0.1, 0.15) is 56.7 Å². The highest BCUT2D eigenvalue weighted by Gasteiger charge is 2.40. The van der Waals surface area contributed by atoms with Crippen molar-refractivity contribution in [2.24, 2.45) is 0 Å². The molecule has 0 aromatic heterocycles. The smallest absolute Gasteiger partial charge is 0.0469 e. The number of rotatable bonds is 3. The van der Waals surface area contributed by atoms with E-state index in [-0.39, 0.29) is 5.41 Å². The number of nitrogens with zero attached hydrogens (tertiary/aromatic N) is 1. The number of hydrogen-bond acceptors (Lipinski definition) is 1. The van der Waals surface area contributed by atoms with Gasteiger partial charge in [0.2, 0.25) is 0 Å². The van der Waals surface area contributed by atoms with Crippen LogP contribution in [-0.4, -0.2) is 7.05 Å². The summed E-state index contributed by atoms with van der Waals surface area (Å²) in [5.41, 5.74) is 7.43. The minimum absolute atomic E-state index is 0.237. The Morgan fingerprint density at radius 1 is 1.28 bits per heavy atom. The standard InChI is InChI=1S/C26H27Cl2N/c1-7-18-10-9-11-19(25(18)28)13-15-23-26(4,5)24-21(8-2)20(16-17(3)27)12-14-22(24)29(23)6/h2,7,12-16H,1,9-11H2,3-6H3/b17-16+,19-13+,23-15+. The molecule has 3 heteroatoms. The molecule has 2 aliphatic rings. The van der Waals surface area contributed by atoms with E-state index in [1.807, 2.05) is 25.1 Å². The van der Waals surface area contributed by atoms with Crippen LogP contribution in [0.25, 0.3) is 6.08 Å². The summed E-state index contributed by atoms with van der Waals surface area (Å²) in [5.74, 6) is 2.91. The van der Waals surface area contributed by atoms with E-state index in [1.54, 1.807) is 0 Å². The first-order chi connectivity index (χ1) is 13.7. The Bertz CT molecular complexity index is 1020. The highest BCUT2D eigenvalue weighted by atomic mass is 35.5. The molecule has 1 heterocycles. The molecule has 29 heavy (non-hydrogen) atoms. The Hall–Kier alpha value is -2.14. The van der Waals surface area contributed by atoms with Gasteiger partial charge in [0.1, 0.15) is 0 Å². The van der Waals surface area contributed by atoms with Crippen molar-refractivity contribution >= 4 is 35.0 Å². The van der Waals surface area contributed by atoms with Crippen LogP contribution in [0.5, 0.6) is 0 Å². The molecule has 3 rings (SSSR count). The molecule has 0 saturated heterocycles. The molecule has 0 fully saturated rings. The third kappa shape index (κ3) is 3.85. The van der Waals surface area contributed by atoms with Gasteiger partial charge in [0.05, 0.1) is 0 Å². The average Bonchev–Trinajstić information content (AvgIpc) is 2.86. The molecular weight excluding hydrogens is 397 g/mol. The summed E-state index contributed by atoms with van der Waals surface area (Å²) in [6.45, 7) is 10.2. The average molecular weight is 424 g/mol. The third-order valence-corrected chi connectivity index (χ3v) is 6.44. The summed E-state index contributed by atoms with van der Waals surface area (Å²) < 4.78 is 0. The molecule has 1 aliphatic heterocycles. The fourth-order valence-electron chi connectivity index (χ4n) is 4.43. The van der Waals surface area contributed by atoms with Crippen molar-refractivity contribution < 1.29 is 0 Å². The van der Waals surface area contributed by atoms with Crippen molar-refractivity contribution in [1.82, 2.24) is 0 Å². The molecule has 150 valence electrons. The minimum atomic E-state index is -0.237. The van der Waals surface area contributed by atoms with E-state index in [2.05, 4.69) is 56.5 Å². The van der Waals surface area contributed by atoms with Gasteiger partial charge in [-0.05, 0) is 61.1 Å². The highest BCUT2D eigenvalue weighted by molar-refractivity contribution is 6.32. The van der Waals surface area contributed by atoms with E-state index < -0.39 is 0 Å². The van der Waals surface area contributed by atoms with Gasteiger partial charge in [-0.3, -0.25) is 0 Å². The lowest BCUT2D eigenvalue weighted by Crippen LogP contribution is -2.23. The number of likely N-dealkylation sites (N-methyl/N-ethyl adjacent to an activating group) is 1. The minimum Gasteiger partial charge on any atom is -0.347 e. The number of halogens is 2. The molecule has 1 aromatic rings. The van der Waals surface area contributed by atoms with E-state index in [9.17, 15) is 0 Å². The van der Waals surface area contributed by atoms with Crippen LogP contribution in [0, 0.1) is 12.3 Å². The van der Waals surface area contributed by atoms with Crippen LogP contribution in [0.3, 0.4) is 0 Å². The van der Waals surface area contributed by atoms with E-state index in [1.165, 1.54) is 11.3 Å². The fourth-order valence-corrected chi connectivity index (χ4v) is 4.88. The second-order valence-corrected chi connectivity index (χ2v) is 9.10. The van der Waals surface area contributed by atoms with Crippen molar-refractivity contribution in [2.75, 3.05) is 11.9 Å². The predicted molar refractivity (Wildman–Crippen MR) is 128 cm³/mol. The van der Waals surface area contributed by atoms with Gasteiger partial charge < -0.3 is 4.90 Å². The van der Waals surface area contributed by atoms with E-state index in [0.29, 0.717) is 5.03 Å². The zero-order valence-corrected chi connectivity index (χ0v) is 19.1. The van der Waals surface area contributed by atoms with Gasteiger partial charge >= 0.3 is 0 Å². The monoisotopic (exact) mass is 423 g/mol. The number of hydrogen-bond donors (Lipinski definition) is 0. The molecule has 0 saturated carbocycles. The Kier molecular flexibility index (Phi) is 6.18. The molecule has 0 amide bonds. The molecule has 1 nitrogen and oxygen atoms in total. The van der Waals surface area contributed by atoms with Crippen molar-refractivity contribution in [3.05, 3.63) is 80.5 Å². The second kappa shape index (κ2) is 8.31. The molecule has 0 radical (unpaired) electrons. The maximum atomic E-state index is 6.60. The maximum Gasteiger partial charge on any atom is 0.0469 e. The molecule has 1 aliphatic carbocycles. The van der Waals surface area contributed by atoms with E-state index in [0.717, 1.165) is 52.2 Å². The third-order valence-electron chi connectivity index (χ3n) is 5.85. The summed E-state index contributed by atoms with van der Waals surface area (Å²) >= 11 is 12.7. The van der Waals surface area contributed by atoms with Crippen LogP contribution in [0.2, 0.25) is 0 Å². The SMILES string of the molecule is C#Cc1c(/C=C(\C)Cl)ccc2c1C(C)(C)/C(=C\C=C1/CCCC(C=C)=C1Cl)N2C. The molecule has 0 spiro atoms. The fraction of sp³-hybridized carbons (Fsp3) is 0.308. The Balaban J connectivity index is 2.13. The van der Waals surface area contributed by atoms with Crippen molar-refractivity contribution in [3.63, 3.8) is 0 Å². The summed E-state index contributed by atoms with van der Waals surface area (Å²) in [5, 5.41) is 1.55. The summed E-state index contributed by atoms with van der Waals surface area (Å²) in [7, 11) is 2.09. The summed E-state index contributed by atoms with van der Waals surface area (Å²) in [4.78, 5) is 2.23. The second-order valence-electron chi connectivity index (χ2n) is 8.12. The van der Waals surface area contributed by atoms with Crippen molar-refractivity contribution in [2.45, 2.75) is 45.4 Å². The van der Waals surface area contributed by atoms with Crippen LogP contribution >= 0.6 is 23.2 Å². The zero-order chi connectivity index (χ0) is 21.3. The maximum absolute atomic E-state index is 6.60. The molecule has 0 bridgehead atoms. The lowest BCUT2D eigenvalue weighted by Gasteiger charge is -2.25. The van der Waals surface area contributed by atoms with Gasteiger partial charge in [-0.15, -0.1) is 6.42 Å². The van der Waals surface area contributed by atoms with Gasteiger partial charge in [0.15, 0.2) is 0 Å².